The molecule has 2 N–H and O–H groups in total. The zero-order chi connectivity index (χ0) is 14.6. The van der Waals surface area contributed by atoms with Crippen LogP contribution in [0.3, 0.4) is 0 Å². The van der Waals surface area contributed by atoms with Crippen molar-refractivity contribution in [1.29, 1.82) is 0 Å². The van der Waals surface area contributed by atoms with Gasteiger partial charge in [0.2, 0.25) is 5.91 Å². The van der Waals surface area contributed by atoms with Gasteiger partial charge in [-0.25, -0.2) is 0 Å². The van der Waals surface area contributed by atoms with Gasteiger partial charge >= 0.3 is 0 Å². The summed E-state index contributed by atoms with van der Waals surface area (Å²) >= 11 is 0. The van der Waals surface area contributed by atoms with Crippen LogP contribution >= 0.6 is 0 Å². The summed E-state index contributed by atoms with van der Waals surface area (Å²) in [4.78, 5) is 17.2. The van der Waals surface area contributed by atoms with Crippen molar-refractivity contribution in [2.45, 2.75) is 57.9 Å². The van der Waals surface area contributed by atoms with Gasteiger partial charge in [0.25, 0.3) is 0 Å². The van der Waals surface area contributed by atoms with Gasteiger partial charge in [0.05, 0.1) is 5.54 Å². The number of hydrogen-bond acceptors (Lipinski definition) is 3. The molecule has 2 aliphatic rings. The van der Waals surface area contributed by atoms with E-state index in [2.05, 4.69) is 18.7 Å². The molecular formula is C16H31N3O. The third-order valence-electron chi connectivity index (χ3n) is 5.16. The van der Waals surface area contributed by atoms with Crippen LogP contribution in [0.15, 0.2) is 0 Å². The summed E-state index contributed by atoms with van der Waals surface area (Å²) in [6, 6.07) is 0. The van der Waals surface area contributed by atoms with Crippen molar-refractivity contribution >= 4 is 5.91 Å². The molecule has 1 aliphatic heterocycles. The minimum atomic E-state index is -0.553. The average Bonchev–Trinajstić information content (AvgIpc) is 2.93. The maximum absolute atomic E-state index is 12.7. The smallest absolute Gasteiger partial charge is 0.242 e. The Balaban J connectivity index is 1.87. The van der Waals surface area contributed by atoms with Crippen LogP contribution in [0.2, 0.25) is 0 Å². The number of nitrogens with two attached hydrogens (primary N) is 1. The summed E-state index contributed by atoms with van der Waals surface area (Å²) in [6.45, 7) is 9.55. The highest BCUT2D eigenvalue weighted by molar-refractivity contribution is 5.86. The second-order valence-corrected chi connectivity index (χ2v) is 6.61. The molecular weight excluding hydrogens is 250 g/mol. The number of nitrogens with zero attached hydrogens (tertiary/aromatic N) is 2. The fourth-order valence-electron chi connectivity index (χ4n) is 3.72. The van der Waals surface area contributed by atoms with Crippen LogP contribution in [0, 0.1) is 5.92 Å². The molecule has 116 valence electrons. The van der Waals surface area contributed by atoms with E-state index in [1.165, 1.54) is 6.42 Å². The summed E-state index contributed by atoms with van der Waals surface area (Å²) in [5.41, 5.74) is 5.83. The monoisotopic (exact) mass is 281 g/mol. The molecule has 1 saturated heterocycles. The third-order valence-corrected chi connectivity index (χ3v) is 5.16. The van der Waals surface area contributed by atoms with E-state index in [9.17, 15) is 4.79 Å². The van der Waals surface area contributed by atoms with Crippen LogP contribution < -0.4 is 5.73 Å². The average molecular weight is 281 g/mol. The van der Waals surface area contributed by atoms with Gasteiger partial charge in [-0.15, -0.1) is 0 Å². The molecule has 0 bridgehead atoms. The van der Waals surface area contributed by atoms with Gasteiger partial charge in [0, 0.05) is 19.6 Å². The number of likely N-dealkylation sites (tertiary alicyclic amines) is 1. The predicted molar refractivity (Wildman–Crippen MR) is 82.5 cm³/mol. The zero-order valence-electron chi connectivity index (χ0n) is 13.2. The SMILES string of the molecule is CCN(CC)CC1CCN(C(=O)C2(N)CCCCC2)C1. The summed E-state index contributed by atoms with van der Waals surface area (Å²) in [5, 5.41) is 0. The Morgan fingerprint density at radius 3 is 2.50 bits per heavy atom. The fraction of sp³-hybridized carbons (Fsp3) is 0.938. The summed E-state index contributed by atoms with van der Waals surface area (Å²) in [7, 11) is 0. The molecule has 1 heterocycles. The van der Waals surface area contributed by atoms with Crippen molar-refractivity contribution in [3.63, 3.8) is 0 Å². The molecule has 4 nitrogen and oxygen atoms in total. The lowest BCUT2D eigenvalue weighted by Crippen LogP contribution is -2.55. The molecule has 0 aromatic carbocycles. The van der Waals surface area contributed by atoms with Gasteiger partial charge in [-0.2, -0.15) is 0 Å². The molecule has 2 rings (SSSR count). The number of carbonyl (C=O) groups excluding carboxylic acids is 1. The van der Waals surface area contributed by atoms with E-state index in [1.807, 2.05) is 4.90 Å². The Labute approximate surface area is 123 Å². The molecule has 1 saturated carbocycles. The van der Waals surface area contributed by atoms with Crippen LogP contribution in [0.5, 0.6) is 0 Å². The molecule has 1 unspecified atom stereocenters. The molecule has 20 heavy (non-hydrogen) atoms. The predicted octanol–water partition coefficient (Wildman–Crippen LogP) is 1.84. The van der Waals surface area contributed by atoms with Crippen LogP contribution in [0.1, 0.15) is 52.4 Å². The molecule has 1 amide bonds. The quantitative estimate of drug-likeness (QED) is 0.836. The van der Waals surface area contributed by atoms with Gasteiger partial charge in [0.1, 0.15) is 0 Å². The minimum Gasteiger partial charge on any atom is -0.341 e. The fourth-order valence-corrected chi connectivity index (χ4v) is 3.72. The Hall–Kier alpha value is -0.610. The van der Waals surface area contributed by atoms with E-state index in [4.69, 9.17) is 5.73 Å². The van der Waals surface area contributed by atoms with Crippen LogP contribution in [-0.4, -0.2) is 54.0 Å². The number of carbonyl (C=O) groups is 1. The molecule has 1 atom stereocenters. The Kier molecular flexibility index (Phi) is 5.44. The number of rotatable bonds is 5. The van der Waals surface area contributed by atoms with E-state index in [1.54, 1.807) is 0 Å². The highest BCUT2D eigenvalue weighted by Gasteiger charge is 2.40. The van der Waals surface area contributed by atoms with Crippen molar-refractivity contribution in [3.8, 4) is 0 Å². The van der Waals surface area contributed by atoms with Crippen LogP contribution in [-0.2, 0) is 4.79 Å². The summed E-state index contributed by atoms with van der Waals surface area (Å²) in [6.07, 6.45) is 6.35. The van der Waals surface area contributed by atoms with Crippen molar-refractivity contribution < 1.29 is 4.79 Å². The van der Waals surface area contributed by atoms with Crippen molar-refractivity contribution in [2.24, 2.45) is 11.7 Å². The lowest BCUT2D eigenvalue weighted by molar-refractivity contribution is -0.137. The van der Waals surface area contributed by atoms with Gasteiger partial charge < -0.3 is 15.5 Å². The van der Waals surface area contributed by atoms with E-state index >= 15 is 0 Å². The normalized spacial score (nSPS) is 26.2. The van der Waals surface area contributed by atoms with E-state index in [0.717, 1.165) is 64.8 Å². The topological polar surface area (TPSA) is 49.6 Å². The first-order chi connectivity index (χ1) is 9.59. The zero-order valence-corrected chi connectivity index (χ0v) is 13.2. The highest BCUT2D eigenvalue weighted by atomic mass is 16.2. The van der Waals surface area contributed by atoms with Crippen molar-refractivity contribution in [3.05, 3.63) is 0 Å². The van der Waals surface area contributed by atoms with Crippen molar-refractivity contribution in [1.82, 2.24) is 9.80 Å². The summed E-state index contributed by atoms with van der Waals surface area (Å²) in [5.74, 6) is 0.852. The van der Waals surface area contributed by atoms with Gasteiger partial charge in [0.15, 0.2) is 0 Å². The van der Waals surface area contributed by atoms with Gasteiger partial charge in [-0.05, 0) is 38.3 Å². The van der Waals surface area contributed by atoms with Crippen LogP contribution in [0.25, 0.3) is 0 Å². The molecule has 0 aromatic heterocycles. The van der Waals surface area contributed by atoms with Crippen LogP contribution in [0.4, 0.5) is 0 Å². The standard InChI is InChI=1S/C16H31N3O/c1-3-18(4-2)12-14-8-11-19(13-14)15(20)16(17)9-6-5-7-10-16/h14H,3-13,17H2,1-2H3. The third kappa shape index (κ3) is 3.53. The van der Waals surface area contributed by atoms with Gasteiger partial charge in [-0.3, -0.25) is 4.79 Å². The highest BCUT2D eigenvalue weighted by Crippen LogP contribution is 2.30. The second-order valence-electron chi connectivity index (χ2n) is 6.61. The van der Waals surface area contributed by atoms with Gasteiger partial charge in [-0.1, -0.05) is 33.1 Å². The number of hydrogen-bond donors (Lipinski definition) is 1. The Morgan fingerprint density at radius 2 is 1.90 bits per heavy atom. The molecule has 2 fully saturated rings. The Morgan fingerprint density at radius 1 is 1.25 bits per heavy atom. The molecule has 4 heteroatoms. The molecule has 1 aliphatic carbocycles. The van der Waals surface area contributed by atoms with E-state index in [0.29, 0.717) is 5.92 Å². The number of amides is 1. The molecule has 0 aromatic rings. The first kappa shape index (κ1) is 15.8. The largest absolute Gasteiger partial charge is 0.341 e. The first-order valence-electron chi connectivity index (χ1n) is 8.39. The lowest BCUT2D eigenvalue weighted by atomic mass is 9.81. The maximum Gasteiger partial charge on any atom is 0.242 e. The lowest BCUT2D eigenvalue weighted by Gasteiger charge is -2.35. The first-order valence-corrected chi connectivity index (χ1v) is 8.39. The van der Waals surface area contributed by atoms with E-state index < -0.39 is 5.54 Å². The molecule has 0 radical (unpaired) electrons. The van der Waals surface area contributed by atoms with E-state index in [-0.39, 0.29) is 5.91 Å². The minimum absolute atomic E-state index is 0.222. The second kappa shape index (κ2) is 6.90. The molecule has 0 spiro atoms. The Bertz CT molecular complexity index is 322. The maximum atomic E-state index is 12.7. The van der Waals surface area contributed by atoms with Crippen molar-refractivity contribution in [2.75, 3.05) is 32.7 Å². The summed E-state index contributed by atoms with van der Waals surface area (Å²) < 4.78 is 0.